The third-order valence-corrected chi connectivity index (χ3v) is 9.11. The summed E-state index contributed by atoms with van der Waals surface area (Å²) in [5.41, 5.74) is -1.74. The van der Waals surface area contributed by atoms with Crippen LogP contribution >= 0.6 is 0 Å². The Bertz CT molecular complexity index is 893. The predicted octanol–water partition coefficient (Wildman–Crippen LogP) is 3.54. The number of hydrogen-bond donors (Lipinski definition) is 1. The van der Waals surface area contributed by atoms with Crippen LogP contribution in [-0.4, -0.2) is 94.1 Å². The Hall–Kier alpha value is -2.19. The van der Waals surface area contributed by atoms with Gasteiger partial charge >= 0.3 is 0 Å². The Morgan fingerprint density at radius 1 is 1.13 bits per heavy atom. The number of amides is 3. The Balaban J connectivity index is 2.04. The molecule has 3 aliphatic heterocycles. The van der Waals surface area contributed by atoms with Crippen molar-refractivity contribution in [2.24, 2.45) is 11.8 Å². The quantitative estimate of drug-likeness (QED) is 0.243. The minimum Gasteiger partial charge on any atom is -0.396 e. The zero-order valence-corrected chi connectivity index (χ0v) is 24.0. The van der Waals surface area contributed by atoms with Gasteiger partial charge in [0, 0.05) is 39.3 Å². The second-order valence-corrected chi connectivity index (χ2v) is 11.4. The molecule has 214 valence electrons. The van der Waals surface area contributed by atoms with E-state index in [1.54, 1.807) is 29.0 Å². The highest BCUT2D eigenvalue weighted by Crippen LogP contribution is 2.64. The van der Waals surface area contributed by atoms with Crippen molar-refractivity contribution in [3.63, 3.8) is 0 Å². The number of carbonyl (C=O) groups excluding carboxylic acids is 3. The van der Waals surface area contributed by atoms with Gasteiger partial charge in [0.05, 0.1) is 17.4 Å². The molecule has 8 nitrogen and oxygen atoms in total. The molecule has 3 rings (SSSR count). The van der Waals surface area contributed by atoms with Gasteiger partial charge in [0.25, 0.3) is 0 Å². The van der Waals surface area contributed by atoms with E-state index >= 15 is 0 Å². The van der Waals surface area contributed by atoms with E-state index in [1.807, 2.05) is 18.7 Å². The van der Waals surface area contributed by atoms with Gasteiger partial charge in [-0.2, -0.15) is 0 Å². The zero-order valence-electron chi connectivity index (χ0n) is 24.0. The summed E-state index contributed by atoms with van der Waals surface area (Å²) in [6.07, 6.45) is 10.3. The standard InChI is InChI=1S/C30H49N3O5/c1-7-15-22(5)32(19-9-3)28(37)25-30-17-16-29(10-4,38-30)23(26(35)31(6)18-8-2)24(30)27(36)33(25)20-13-11-12-14-21-34/h8-9,22-25,34H,2-3,7,10-21H2,1,4-6H3/t22?,23-,24-,25?,29+,30?/m0/s1. The van der Waals surface area contributed by atoms with Gasteiger partial charge in [-0.1, -0.05) is 45.3 Å². The van der Waals surface area contributed by atoms with E-state index in [4.69, 9.17) is 9.84 Å². The summed E-state index contributed by atoms with van der Waals surface area (Å²) in [6, 6.07) is -0.759. The van der Waals surface area contributed by atoms with E-state index in [0.29, 0.717) is 38.9 Å². The van der Waals surface area contributed by atoms with Crippen molar-refractivity contribution in [1.82, 2.24) is 14.7 Å². The van der Waals surface area contributed by atoms with Gasteiger partial charge in [-0.25, -0.2) is 0 Å². The molecule has 3 amide bonds. The van der Waals surface area contributed by atoms with Gasteiger partial charge < -0.3 is 24.5 Å². The lowest BCUT2D eigenvalue weighted by atomic mass is 9.64. The van der Waals surface area contributed by atoms with Gasteiger partial charge in [0.15, 0.2) is 0 Å². The van der Waals surface area contributed by atoms with E-state index in [-0.39, 0.29) is 30.4 Å². The maximum Gasteiger partial charge on any atom is 0.248 e. The maximum atomic E-state index is 14.4. The van der Waals surface area contributed by atoms with Gasteiger partial charge in [0.2, 0.25) is 17.7 Å². The molecule has 0 aromatic rings. The van der Waals surface area contributed by atoms with Crippen LogP contribution in [0.5, 0.6) is 0 Å². The van der Waals surface area contributed by atoms with Crippen molar-refractivity contribution in [3.05, 3.63) is 25.3 Å². The first kappa shape index (κ1) is 30.4. The van der Waals surface area contributed by atoms with Crippen LogP contribution in [0.25, 0.3) is 0 Å². The summed E-state index contributed by atoms with van der Waals surface area (Å²) in [4.78, 5) is 47.7. The average Bonchev–Trinajstić information content (AvgIpc) is 3.50. The Morgan fingerprint density at radius 3 is 2.42 bits per heavy atom. The molecule has 2 bridgehead atoms. The second-order valence-electron chi connectivity index (χ2n) is 11.4. The molecule has 0 aromatic carbocycles. The Morgan fingerprint density at radius 2 is 1.82 bits per heavy atom. The van der Waals surface area contributed by atoms with E-state index in [1.165, 1.54) is 0 Å². The van der Waals surface area contributed by atoms with Crippen molar-refractivity contribution in [2.75, 3.05) is 33.3 Å². The van der Waals surface area contributed by atoms with Crippen molar-refractivity contribution in [1.29, 1.82) is 0 Å². The number of likely N-dealkylation sites (N-methyl/N-ethyl adjacent to an activating group) is 1. The monoisotopic (exact) mass is 531 g/mol. The summed E-state index contributed by atoms with van der Waals surface area (Å²) >= 11 is 0. The summed E-state index contributed by atoms with van der Waals surface area (Å²) in [5.74, 6) is -1.63. The van der Waals surface area contributed by atoms with E-state index < -0.39 is 29.1 Å². The second kappa shape index (κ2) is 12.8. The molecule has 3 fully saturated rings. The van der Waals surface area contributed by atoms with E-state index in [0.717, 1.165) is 38.5 Å². The number of hydrogen-bond acceptors (Lipinski definition) is 5. The normalized spacial score (nSPS) is 30.3. The highest BCUT2D eigenvalue weighted by molar-refractivity contribution is 5.99. The molecule has 3 aliphatic rings. The van der Waals surface area contributed by atoms with Crippen molar-refractivity contribution in [2.45, 2.75) is 102 Å². The highest BCUT2D eigenvalue weighted by Gasteiger charge is 2.78. The molecule has 3 unspecified atom stereocenters. The average molecular weight is 532 g/mol. The number of likely N-dealkylation sites (tertiary alicyclic amines) is 1. The molecule has 6 atom stereocenters. The molecule has 3 heterocycles. The molecule has 8 heteroatoms. The van der Waals surface area contributed by atoms with Gasteiger partial charge in [0.1, 0.15) is 11.6 Å². The third kappa shape index (κ3) is 5.18. The minimum atomic E-state index is -1.00. The Labute approximate surface area is 229 Å². The molecule has 0 aliphatic carbocycles. The predicted molar refractivity (Wildman–Crippen MR) is 148 cm³/mol. The SMILES string of the molecule is C=CCN(C)C(=O)[C@@H]1[C@H]2C(=O)N(CCCCCCO)C(C(=O)N(CC=C)C(C)CCC)C23CC[C@@]1(CC)O3. The molecular formula is C30H49N3O5. The number of aliphatic hydroxyl groups excluding tert-OH is 1. The smallest absolute Gasteiger partial charge is 0.248 e. The maximum absolute atomic E-state index is 14.4. The van der Waals surface area contributed by atoms with Gasteiger partial charge in [-0.05, 0) is 45.4 Å². The molecule has 1 N–H and O–H groups in total. The first-order valence-corrected chi connectivity index (χ1v) is 14.6. The summed E-state index contributed by atoms with van der Waals surface area (Å²) in [5, 5.41) is 9.15. The lowest BCUT2D eigenvalue weighted by Gasteiger charge is -2.39. The minimum absolute atomic E-state index is 0.00246. The number of unbranched alkanes of at least 4 members (excludes halogenated alkanes) is 3. The van der Waals surface area contributed by atoms with Crippen LogP contribution in [0.3, 0.4) is 0 Å². The van der Waals surface area contributed by atoms with Gasteiger partial charge in [-0.15, -0.1) is 13.2 Å². The number of rotatable bonds is 16. The van der Waals surface area contributed by atoms with Crippen LogP contribution in [0.1, 0.15) is 78.6 Å². The molecule has 38 heavy (non-hydrogen) atoms. The first-order valence-electron chi connectivity index (χ1n) is 14.6. The fourth-order valence-electron chi connectivity index (χ4n) is 7.24. The van der Waals surface area contributed by atoms with Gasteiger partial charge in [-0.3, -0.25) is 14.4 Å². The summed E-state index contributed by atoms with van der Waals surface area (Å²) in [7, 11) is 1.74. The van der Waals surface area contributed by atoms with Crippen molar-refractivity contribution in [3.8, 4) is 0 Å². The van der Waals surface area contributed by atoms with E-state index in [9.17, 15) is 14.4 Å². The molecule has 0 saturated carbocycles. The van der Waals surface area contributed by atoms with Crippen LogP contribution in [0, 0.1) is 11.8 Å². The largest absolute Gasteiger partial charge is 0.396 e. The number of aliphatic hydroxyl groups is 1. The molecular weight excluding hydrogens is 482 g/mol. The summed E-state index contributed by atoms with van der Waals surface area (Å²) in [6.45, 7) is 15.2. The van der Waals surface area contributed by atoms with Crippen LogP contribution < -0.4 is 0 Å². The third-order valence-electron chi connectivity index (χ3n) is 9.11. The van der Waals surface area contributed by atoms with Crippen LogP contribution in [0.4, 0.5) is 0 Å². The Kier molecular flexibility index (Phi) is 10.2. The fraction of sp³-hybridized carbons (Fsp3) is 0.767. The van der Waals surface area contributed by atoms with E-state index in [2.05, 4.69) is 20.1 Å². The zero-order chi connectivity index (χ0) is 28.1. The lowest BCUT2D eigenvalue weighted by molar-refractivity contribution is -0.155. The first-order chi connectivity index (χ1) is 18.2. The molecule has 1 spiro atoms. The highest BCUT2D eigenvalue weighted by atomic mass is 16.5. The number of ether oxygens (including phenoxy) is 1. The number of fused-ring (bicyclic) bond motifs is 1. The summed E-state index contributed by atoms with van der Waals surface area (Å²) < 4.78 is 6.89. The molecule has 0 radical (unpaired) electrons. The number of nitrogens with zero attached hydrogens (tertiary/aromatic N) is 3. The molecule has 0 aromatic heterocycles. The van der Waals surface area contributed by atoms with Crippen molar-refractivity contribution >= 4 is 17.7 Å². The topological polar surface area (TPSA) is 90.4 Å². The molecule has 3 saturated heterocycles. The van der Waals surface area contributed by atoms with Crippen molar-refractivity contribution < 1.29 is 24.2 Å². The number of carbonyl (C=O) groups is 3. The fourth-order valence-corrected chi connectivity index (χ4v) is 7.24. The van der Waals surface area contributed by atoms with Crippen LogP contribution in [0.2, 0.25) is 0 Å². The van der Waals surface area contributed by atoms with Crippen LogP contribution in [-0.2, 0) is 19.1 Å². The lowest BCUT2D eigenvalue weighted by Crippen LogP contribution is -2.58. The van der Waals surface area contributed by atoms with Crippen LogP contribution in [0.15, 0.2) is 25.3 Å².